The lowest BCUT2D eigenvalue weighted by atomic mass is 10.2. The van der Waals surface area contributed by atoms with E-state index in [2.05, 4.69) is 10.4 Å². The van der Waals surface area contributed by atoms with Gasteiger partial charge >= 0.3 is 0 Å². The monoisotopic (exact) mass is 355 g/mol. The maximum Gasteiger partial charge on any atom is 0.264 e. The van der Waals surface area contributed by atoms with Gasteiger partial charge < -0.3 is 14.8 Å². The van der Waals surface area contributed by atoms with Gasteiger partial charge in [0.25, 0.3) is 5.91 Å². The molecule has 0 saturated carbocycles. The maximum absolute atomic E-state index is 12.2. The van der Waals surface area contributed by atoms with Gasteiger partial charge in [-0.3, -0.25) is 9.48 Å². The number of nitrogens with one attached hydrogen (secondary N) is 1. The van der Waals surface area contributed by atoms with E-state index >= 15 is 0 Å². The number of fused-ring (bicyclic) bond motifs is 1. The Morgan fingerprint density at radius 1 is 1.24 bits per heavy atom. The summed E-state index contributed by atoms with van der Waals surface area (Å²) in [6.07, 6.45) is 1.28. The van der Waals surface area contributed by atoms with Crippen molar-refractivity contribution in [1.29, 1.82) is 0 Å². The molecule has 1 aromatic carbocycles. The summed E-state index contributed by atoms with van der Waals surface area (Å²) >= 11 is 1.66. The number of rotatable bonds is 5. The van der Waals surface area contributed by atoms with Crippen LogP contribution in [-0.2, 0) is 11.3 Å². The maximum atomic E-state index is 12.2. The Bertz CT molecular complexity index is 860. The van der Waals surface area contributed by atoms with Crippen molar-refractivity contribution in [2.24, 2.45) is 0 Å². The zero-order valence-corrected chi connectivity index (χ0v) is 14.2. The molecule has 4 rings (SSSR count). The number of hydrogen-bond acceptors (Lipinski definition) is 5. The van der Waals surface area contributed by atoms with Crippen LogP contribution in [0.3, 0.4) is 0 Å². The van der Waals surface area contributed by atoms with E-state index in [-0.39, 0.29) is 12.5 Å². The van der Waals surface area contributed by atoms with Crippen molar-refractivity contribution in [1.82, 2.24) is 15.1 Å². The Hall–Kier alpha value is -2.80. The number of nitrogens with zero attached hydrogens (tertiary/aromatic N) is 2. The molecule has 6 nitrogen and oxygen atoms in total. The first-order chi connectivity index (χ1) is 12.3. The summed E-state index contributed by atoms with van der Waals surface area (Å²) in [5, 5.41) is 9.41. The van der Waals surface area contributed by atoms with Crippen molar-refractivity contribution < 1.29 is 14.3 Å². The minimum absolute atomic E-state index is 0.180. The fourth-order valence-corrected chi connectivity index (χ4v) is 3.29. The summed E-state index contributed by atoms with van der Waals surface area (Å²) < 4.78 is 13.1. The highest BCUT2D eigenvalue weighted by atomic mass is 32.1. The average molecular weight is 355 g/mol. The molecule has 0 unspecified atom stereocenters. The third kappa shape index (κ3) is 3.51. The van der Waals surface area contributed by atoms with Crippen LogP contribution < -0.4 is 14.8 Å². The molecular weight excluding hydrogens is 338 g/mol. The van der Waals surface area contributed by atoms with Crippen LogP contribution in [0.1, 0.15) is 0 Å². The molecule has 25 heavy (non-hydrogen) atoms. The highest BCUT2D eigenvalue weighted by molar-refractivity contribution is 7.13. The lowest BCUT2D eigenvalue weighted by molar-refractivity contribution is -0.130. The smallest absolute Gasteiger partial charge is 0.264 e. The number of hydrogen-bond donors (Lipinski definition) is 1. The quantitative estimate of drug-likeness (QED) is 0.764. The number of aromatic nitrogens is 2. The normalized spacial score (nSPS) is 15.8. The molecule has 3 heterocycles. The molecule has 1 aliphatic rings. The van der Waals surface area contributed by atoms with Gasteiger partial charge in [-0.2, -0.15) is 5.10 Å². The average Bonchev–Trinajstić information content (AvgIpc) is 3.32. The number of carbonyl (C=O) groups excluding carboxylic acids is 1. The number of carbonyl (C=O) groups is 1. The molecule has 1 aliphatic heterocycles. The summed E-state index contributed by atoms with van der Waals surface area (Å²) in [5.41, 5.74) is 0.946. The summed E-state index contributed by atoms with van der Waals surface area (Å²) in [5.74, 6) is 1.09. The van der Waals surface area contributed by atoms with Crippen LogP contribution in [0.4, 0.5) is 0 Å². The van der Waals surface area contributed by atoms with E-state index in [0.717, 1.165) is 10.6 Å². The minimum Gasteiger partial charge on any atom is -0.485 e. The number of thiophene rings is 1. The number of amides is 1. The zero-order valence-electron chi connectivity index (χ0n) is 13.4. The highest BCUT2D eigenvalue weighted by Crippen LogP contribution is 2.30. The predicted octanol–water partition coefficient (Wildman–Crippen LogP) is 2.57. The predicted molar refractivity (Wildman–Crippen MR) is 94.9 cm³/mol. The van der Waals surface area contributed by atoms with Gasteiger partial charge in [0.2, 0.25) is 6.10 Å². The molecule has 1 amide bonds. The van der Waals surface area contributed by atoms with Crippen LogP contribution in [0.25, 0.3) is 10.6 Å². The summed E-state index contributed by atoms with van der Waals surface area (Å²) in [7, 11) is 0. The van der Waals surface area contributed by atoms with Gasteiger partial charge in [-0.25, -0.2) is 0 Å². The van der Waals surface area contributed by atoms with Crippen LogP contribution in [0.15, 0.2) is 54.0 Å². The van der Waals surface area contributed by atoms with Crippen LogP contribution in [0.5, 0.6) is 11.5 Å². The second-order valence-corrected chi connectivity index (χ2v) is 6.54. The molecule has 0 radical (unpaired) electrons. The Morgan fingerprint density at radius 3 is 2.96 bits per heavy atom. The lowest BCUT2D eigenvalue weighted by Crippen LogP contribution is -2.44. The molecule has 0 spiro atoms. The van der Waals surface area contributed by atoms with Crippen molar-refractivity contribution in [3.8, 4) is 22.1 Å². The van der Waals surface area contributed by atoms with Crippen LogP contribution in [0.2, 0.25) is 0 Å². The topological polar surface area (TPSA) is 65.4 Å². The summed E-state index contributed by atoms with van der Waals surface area (Å²) in [4.78, 5) is 13.4. The van der Waals surface area contributed by atoms with Gasteiger partial charge in [-0.15, -0.1) is 11.3 Å². The molecule has 7 heteroatoms. The standard InChI is InChI=1S/C18H17N3O3S/c22-18(16-12-23-14-4-1-2-5-15(14)24-16)19-8-10-21-9-7-13(20-21)17-6-3-11-25-17/h1-7,9,11,16H,8,10,12H2,(H,19,22)/t16-/m0/s1. The Kier molecular flexibility index (Phi) is 4.39. The molecule has 0 aliphatic carbocycles. The van der Waals surface area contributed by atoms with E-state index < -0.39 is 6.10 Å². The van der Waals surface area contributed by atoms with Gasteiger partial charge in [0.1, 0.15) is 12.3 Å². The Labute approximate surface area is 149 Å². The first-order valence-electron chi connectivity index (χ1n) is 8.03. The van der Waals surface area contributed by atoms with Gasteiger partial charge in [0, 0.05) is 12.7 Å². The Balaban J connectivity index is 1.28. The second kappa shape index (κ2) is 6.98. The van der Waals surface area contributed by atoms with Crippen molar-refractivity contribution in [2.75, 3.05) is 13.2 Å². The van der Waals surface area contributed by atoms with E-state index in [1.54, 1.807) is 17.4 Å². The molecule has 0 fully saturated rings. The highest BCUT2D eigenvalue weighted by Gasteiger charge is 2.26. The Morgan fingerprint density at radius 2 is 2.12 bits per heavy atom. The van der Waals surface area contributed by atoms with Crippen molar-refractivity contribution in [3.63, 3.8) is 0 Å². The zero-order chi connectivity index (χ0) is 17.1. The van der Waals surface area contributed by atoms with E-state index in [9.17, 15) is 4.79 Å². The van der Waals surface area contributed by atoms with Gasteiger partial charge in [-0.05, 0) is 29.6 Å². The minimum atomic E-state index is -0.630. The molecule has 128 valence electrons. The molecule has 0 saturated heterocycles. The second-order valence-electron chi connectivity index (χ2n) is 5.60. The lowest BCUT2D eigenvalue weighted by Gasteiger charge is -2.25. The fourth-order valence-electron chi connectivity index (χ4n) is 2.60. The van der Waals surface area contributed by atoms with Crippen molar-refractivity contribution in [2.45, 2.75) is 12.6 Å². The van der Waals surface area contributed by atoms with Crippen molar-refractivity contribution >= 4 is 17.2 Å². The van der Waals surface area contributed by atoms with E-state index in [4.69, 9.17) is 9.47 Å². The van der Waals surface area contributed by atoms with E-state index in [1.807, 2.05) is 52.7 Å². The van der Waals surface area contributed by atoms with Crippen LogP contribution in [-0.4, -0.2) is 34.9 Å². The largest absolute Gasteiger partial charge is 0.485 e. The molecule has 1 atom stereocenters. The first-order valence-corrected chi connectivity index (χ1v) is 8.91. The molecule has 1 N–H and O–H groups in total. The number of para-hydroxylation sites is 2. The number of ether oxygens (including phenoxy) is 2. The number of benzene rings is 1. The fraction of sp³-hybridized carbons (Fsp3) is 0.222. The van der Waals surface area contributed by atoms with Gasteiger partial charge in [-0.1, -0.05) is 18.2 Å². The molecule has 2 aromatic heterocycles. The third-order valence-electron chi connectivity index (χ3n) is 3.86. The van der Waals surface area contributed by atoms with E-state index in [1.165, 1.54) is 0 Å². The molecular formula is C18H17N3O3S. The first kappa shape index (κ1) is 15.7. The van der Waals surface area contributed by atoms with Crippen molar-refractivity contribution in [3.05, 3.63) is 54.0 Å². The van der Waals surface area contributed by atoms with Crippen LogP contribution >= 0.6 is 11.3 Å². The summed E-state index contributed by atoms with van der Waals surface area (Å²) in [6, 6.07) is 13.4. The van der Waals surface area contributed by atoms with Gasteiger partial charge in [0.15, 0.2) is 11.5 Å². The summed E-state index contributed by atoms with van der Waals surface area (Å²) in [6.45, 7) is 1.29. The molecule has 0 bridgehead atoms. The van der Waals surface area contributed by atoms with Crippen LogP contribution in [0, 0.1) is 0 Å². The third-order valence-corrected chi connectivity index (χ3v) is 4.75. The van der Waals surface area contributed by atoms with Gasteiger partial charge in [0.05, 0.1) is 11.4 Å². The molecule has 3 aromatic rings. The van der Waals surface area contributed by atoms with E-state index in [0.29, 0.717) is 24.6 Å². The SMILES string of the molecule is O=C(NCCn1ccc(-c2cccs2)n1)[C@@H]1COc2ccccc2O1.